The molecule has 3 aromatic rings. The average molecular weight is 472 g/mol. The number of aliphatic hydroxyl groups is 1. The van der Waals surface area contributed by atoms with Gasteiger partial charge in [-0.3, -0.25) is 4.79 Å². The van der Waals surface area contributed by atoms with Gasteiger partial charge in [0, 0.05) is 18.0 Å². The fraction of sp³-hybridized carbons (Fsp3) is 0.222. The first kappa shape index (κ1) is 22.6. The van der Waals surface area contributed by atoms with Gasteiger partial charge < -0.3 is 25.2 Å². The first-order valence-corrected chi connectivity index (χ1v) is 11.3. The number of alkyl carbamates (subject to hydrolysis) is 1. The van der Waals surface area contributed by atoms with Crippen LogP contribution in [0.2, 0.25) is 0 Å². The summed E-state index contributed by atoms with van der Waals surface area (Å²) in [5, 5.41) is 21.5. The second-order valence-corrected chi connectivity index (χ2v) is 8.87. The van der Waals surface area contributed by atoms with Crippen molar-refractivity contribution in [3.63, 3.8) is 0 Å². The smallest absolute Gasteiger partial charge is 0.407 e. The monoisotopic (exact) mass is 472 g/mol. The summed E-state index contributed by atoms with van der Waals surface area (Å²) in [4.78, 5) is 37.0. The molecule has 0 aromatic heterocycles. The molecule has 0 bridgehead atoms. The van der Waals surface area contributed by atoms with Crippen LogP contribution >= 0.6 is 0 Å². The largest absolute Gasteiger partial charge is 0.479 e. The highest BCUT2D eigenvalue weighted by molar-refractivity contribution is 5.96. The van der Waals surface area contributed by atoms with Crippen molar-refractivity contribution in [2.45, 2.75) is 18.1 Å². The normalized spacial score (nSPS) is 15.5. The van der Waals surface area contributed by atoms with Gasteiger partial charge in [-0.1, -0.05) is 60.7 Å². The number of nitrogens with zero attached hydrogens (tertiary/aromatic N) is 1. The second kappa shape index (κ2) is 8.88. The van der Waals surface area contributed by atoms with Gasteiger partial charge in [-0.05, 0) is 39.9 Å². The van der Waals surface area contributed by atoms with Gasteiger partial charge in [0.15, 0.2) is 5.60 Å². The summed E-state index contributed by atoms with van der Waals surface area (Å²) in [6, 6.07) is 22.9. The molecule has 1 aliphatic carbocycles. The van der Waals surface area contributed by atoms with Gasteiger partial charge in [-0.2, -0.15) is 0 Å². The highest BCUT2D eigenvalue weighted by atomic mass is 16.5. The first-order valence-electron chi connectivity index (χ1n) is 11.3. The Balaban J connectivity index is 1.13. The number of carboxylic acid groups (broad SMARTS) is 1. The van der Waals surface area contributed by atoms with Crippen LogP contribution in [0.4, 0.5) is 4.79 Å². The van der Waals surface area contributed by atoms with Gasteiger partial charge in [-0.25, -0.2) is 9.59 Å². The van der Waals surface area contributed by atoms with Crippen LogP contribution in [0.1, 0.15) is 33.0 Å². The van der Waals surface area contributed by atoms with E-state index >= 15 is 0 Å². The van der Waals surface area contributed by atoms with Gasteiger partial charge >= 0.3 is 12.1 Å². The number of carbonyl (C=O) groups excluding carboxylic acids is 2. The van der Waals surface area contributed by atoms with Gasteiger partial charge in [0.05, 0.1) is 13.1 Å². The molecule has 0 atom stereocenters. The van der Waals surface area contributed by atoms with Crippen molar-refractivity contribution in [3.05, 3.63) is 95.1 Å². The average Bonchev–Trinajstić information content (AvgIpc) is 3.17. The molecule has 8 nitrogen and oxygen atoms in total. The fourth-order valence-corrected chi connectivity index (χ4v) is 4.64. The zero-order chi connectivity index (χ0) is 24.6. The van der Waals surface area contributed by atoms with E-state index in [2.05, 4.69) is 29.6 Å². The SMILES string of the molecule is O=C(NCc1ccc(C(=O)N2CC(O)(C(=O)O)C2)cc1)OCC1c2ccccc2-c2ccccc21. The summed E-state index contributed by atoms with van der Waals surface area (Å²) in [5.41, 5.74) is 3.90. The zero-order valence-electron chi connectivity index (χ0n) is 18.8. The third-order valence-corrected chi connectivity index (χ3v) is 6.57. The minimum atomic E-state index is -1.87. The summed E-state index contributed by atoms with van der Waals surface area (Å²) in [7, 11) is 0. The van der Waals surface area contributed by atoms with Crippen molar-refractivity contribution in [1.29, 1.82) is 0 Å². The molecule has 35 heavy (non-hydrogen) atoms. The molecule has 0 spiro atoms. The Morgan fingerprint density at radius 3 is 2.06 bits per heavy atom. The Bertz CT molecular complexity index is 1250. The first-order chi connectivity index (χ1) is 16.9. The Morgan fingerprint density at radius 2 is 1.49 bits per heavy atom. The number of aliphatic carboxylic acids is 1. The number of carboxylic acids is 1. The molecule has 2 amide bonds. The summed E-state index contributed by atoms with van der Waals surface area (Å²) >= 11 is 0. The van der Waals surface area contributed by atoms with E-state index in [1.807, 2.05) is 24.3 Å². The molecule has 0 unspecified atom stereocenters. The Hall–Kier alpha value is -4.17. The van der Waals surface area contributed by atoms with Crippen molar-refractivity contribution in [2.24, 2.45) is 0 Å². The molecule has 2 aliphatic rings. The van der Waals surface area contributed by atoms with E-state index in [9.17, 15) is 19.5 Å². The minimum Gasteiger partial charge on any atom is -0.479 e. The van der Waals surface area contributed by atoms with Crippen LogP contribution in [-0.4, -0.2) is 58.4 Å². The van der Waals surface area contributed by atoms with Crippen LogP contribution in [0.3, 0.4) is 0 Å². The molecule has 0 saturated carbocycles. The van der Waals surface area contributed by atoms with Crippen LogP contribution in [0, 0.1) is 0 Å². The zero-order valence-corrected chi connectivity index (χ0v) is 18.8. The lowest BCUT2D eigenvalue weighted by Gasteiger charge is -2.43. The summed E-state index contributed by atoms with van der Waals surface area (Å²) < 4.78 is 5.53. The lowest BCUT2D eigenvalue weighted by Crippen LogP contribution is -2.67. The van der Waals surface area contributed by atoms with E-state index in [0.717, 1.165) is 27.8 Å². The van der Waals surface area contributed by atoms with E-state index in [1.165, 1.54) is 4.90 Å². The van der Waals surface area contributed by atoms with E-state index in [0.29, 0.717) is 5.56 Å². The Kier molecular flexibility index (Phi) is 5.74. The highest BCUT2D eigenvalue weighted by Gasteiger charge is 2.50. The van der Waals surface area contributed by atoms with Crippen molar-refractivity contribution >= 4 is 18.0 Å². The van der Waals surface area contributed by atoms with Crippen LogP contribution in [-0.2, 0) is 16.1 Å². The van der Waals surface area contributed by atoms with E-state index in [-0.39, 0.29) is 38.1 Å². The Morgan fingerprint density at radius 1 is 0.914 bits per heavy atom. The standard InChI is InChI=1S/C27H24N2O6/c30-24(29-15-27(34,16-29)25(31)32)18-11-9-17(10-12-18)13-28-26(33)35-14-23-21-7-3-1-5-19(21)20-6-2-4-8-22(20)23/h1-12,23,34H,13-16H2,(H,28,33)(H,31,32). The molecule has 1 saturated heterocycles. The molecular weight excluding hydrogens is 448 g/mol. The summed E-state index contributed by atoms with van der Waals surface area (Å²) in [6.45, 7) is -0.0298. The maximum Gasteiger partial charge on any atom is 0.407 e. The van der Waals surface area contributed by atoms with E-state index in [4.69, 9.17) is 9.84 Å². The van der Waals surface area contributed by atoms with Crippen LogP contribution in [0.5, 0.6) is 0 Å². The number of carbonyl (C=O) groups is 3. The molecule has 8 heteroatoms. The molecule has 1 fully saturated rings. The number of fused-ring (bicyclic) bond motifs is 3. The van der Waals surface area contributed by atoms with Crippen molar-refractivity contribution in [3.8, 4) is 11.1 Å². The number of likely N-dealkylation sites (tertiary alicyclic amines) is 1. The van der Waals surface area contributed by atoms with Gasteiger partial charge in [-0.15, -0.1) is 0 Å². The second-order valence-electron chi connectivity index (χ2n) is 8.87. The molecule has 3 aromatic carbocycles. The molecule has 178 valence electrons. The van der Waals surface area contributed by atoms with E-state index in [1.54, 1.807) is 24.3 Å². The minimum absolute atomic E-state index is 0.0151. The van der Waals surface area contributed by atoms with E-state index < -0.39 is 17.7 Å². The molecule has 0 radical (unpaired) electrons. The topological polar surface area (TPSA) is 116 Å². The van der Waals surface area contributed by atoms with Crippen molar-refractivity contribution in [1.82, 2.24) is 10.2 Å². The molecular formula is C27H24N2O6. The fourth-order valence-electron chi connectivity index (χ4n) is 4.64. The van der Waals surface area contributed by atoms with Crippen molar-refractivity contribution < 1.29 is 29.3 Å². The van der Waals surface area contributed by atoms with Crippen LogP contribution < -0.4 is 5.32 Å². The third kappa shape index (κ3) is 4.24. The molecule has 1 heterocycles. The molecule has 3 N–H and O–H groups in total. The van der Waals surface area contributed by atoms with Crippen LogP contribution in [0.15, 0.2) is 72.8 Å². The third-order valence-electron chi connectivity index (χ3n) is 6.57. The van der Waals surface area contributed by atoms with Crippen LogP contribution in [0.25, 0.3) is 11.1 Å². The highest BCUT2D eigenvalue weighted by Crippen LogP contribution is 2.44. The Labute approximate surface area is 201 Å². The van der Waals surface area contributed by atoms with Gasteiger partial charge in [0.1, 0.15) is 6.61 Å². The quantitative estimate of drug-likeness (QED) is 0.508. The number of amides is 2. The summed E-state index contributed by atoms with van der Waals surface area (Å²) in [6.07, 6.45) is -0.527. The maximum absolute atomic E-state index is 12.4. The number of nitrogens with one attached hydrogen (secondary N) is 1. The number of hydrogen-bond acceptors (Lipinski definition) is 5. The number of ether oxygens (including phenoxy) is 1. The van der Waals surface area contributed by atoms with Gasteiger partial charge in [0.2, 0.25) is 0 Å². The van der Waals surface area contributed by atoms with Gasteiger partial charge in [0.25, 0.3) is 5.91 Å². The predicted molar refractivity (Wildman–Crippen MR) is 127 cm³/mol. The molecule has 1 aliphatic heterocycles. The molecule has 5 rings (SSSR count). The predicted octanol–water partition coefficient (Wildman–Crippen LogP) is 3.00. The number of β-amino-alcohol motifs (C(OH)–C–C–N with tert-alkyl or cyclic N) is 1. The lowest BCUT2D eigenvalue weighted by molar-refractivity contribution is -0.173. The number of benzene rings is 3. The summed E-state index contributed by atoms with van der Waals surface area (Å²) in [5.74, 6) is -1.71. The maximum atomic E-state index is 12.4. The number of rotatable bonds is 6. The lowest BCUT2D eigenvalue weighted by atomic mass is 9.93. The number of hydrogen-bond donors (Lipinski definition) is 3. The van der Waals surface area contributed by atoms with Crippen molar-refractivity contribution in [2.75, 3.05) is 19.7 Å².